The summed E-state index contributed by atoms with van der Waals surface area (Å²) >= 11 is 0. The fraction of sp³-hybridized carbons (Fsp3) is 0.889. The summed E-state index contributed by atoms with van der Waals surface area (Å²) < 4.78 is 28.0. The molecule has 8 heteroatoms. The third-order valence-electron chi connectivity index (χ3n) is 2.05. The average Bonchev–Trinajstić information content (AvgIpc) is 2.18. The quantitative estimate of drug-likeness (QED) is 0.563. The first-order valence-corrected chi connectivity index (χ1v) is 6.94. The molecule has 0 bridgehead atoms. The Balaban J connectivity index is 0. The van der Waals surface area contributed by atoms with Crippen molar-refractivity contribution < 1.29 is 22.9 Å². The predicted molar refractivity (Wildman–Crippen MR) is 65.5 cm³/mol. The normalized spacial score (nSPS) is 12.8. The fourth-order valence-electron chi connectivity index (χ4n) is 0.969. The molecule has 0 fully saturated rings. The van der Waals surface area contributed by atoms with Crippen LogP contribution < -0.4 is 5.73 Å². The van der Waals surface area contributed by atoms with Crippen LogP contribution in [-0.4, -0.2) is 60.4 Å². The van der Waals surface area contributed by atoms with Crippen molar-refractivity contribution >= 4 is 16.1 Å². The second kappa shape index (κ2) is 9.34. The van der Waals surface area contributed by atoms with Crippen LogP contribution in [-0.2, 0) is 14.9 Å². The van der Waals surface area contributed by atoms with Crippen molar-refractivity contribution in [3.8, 4) is 0 Å². The van der Waals surface area contributed by atoms with Gasteiger partial charge in [0.25, 0.3) is 10.1 Å². The SMILES string of the molecule is CCN(CC)CC.N[C@@H](CS(=O)(=O)O)C(=O)O. The van der Waals surface area contributed by atoms with Crippen molar-refractivity contribution in [1.82, 2.24) is 4.90 Å². The van der Waals surface area contributed by atoms with Gasteiger partial charge in [0.05, 0.1) is 0 Å². The first-order valence-electron chi connectivity index (χ1n) is 5.33. The second-order valence-corrected chi connectivity index (χ2v) is 4.81. The van der Waals surface area contributed by atoms with Gasteiger partial charge in [-0.05, 0) is 19.6 Å². The van der Waals surface area contributed by atoms with Gasteiger partial charge in [-0.25, -0.2) is 0 Å². The van der Waals surface area contributed by atoms with Crippen LogP contribution in [0.15, 0.2) is 0 Å². The van der Waals surface area contributed by atoms with E-state index in [1.54, 1.807) is 0 Å². The number of nitrogens with two attached hydrogens (primary N) is 1. The molecule has 0 spiro atoms. The van der Waals surface area contributed by atoms with Crippen molar-refractivity contribution in [2.45, 2.75) is 26.8 Å². The fourth-order valence-corrected chi connectivity index (χ4v) is 1.57. The molecule has 104 valence electrons. The van der Waals surface area contributed by atoms with Crippen molar-refractivity contribution in [3.63, 3.8) is 0 Å². The maximum atomic E-state index is 9.96. The first kappa shape index (κ1) is 18.7. The van der Waals surface area contributed by atoms with Crippen molar-refractivity contribution in [2.75, 3.05) is 25.4 Å². The molecule has 4 N–H and O–H groups in total. The minimum Gasteiger partial charge on any atom is -0.480 e. The number of carboxylic acid groups (broad SMARTS) is 1. The summed E-state index contributed by atoms with van der Waals surface area (Å²) in [6, 6.07) is -1.56. The van der Waals surface area contributed by atoms with E-state index in [1.165, 1.54) is 19.6 Å². The molecule has 0 saturated carbocycles. The third kappa shape index (κ3) is 13.2. The van der Waals surface area contributed by atoms with Gasteiger partial charge in [0.2, 0.25) is 0 Å². The first-order chi connectivity index (χ1) is 7.67. The second-order valence-electron chi connectivity index (χ2n) is 3.31. The van der Waals surface area contributed by atoms with Gasteiger partial charge in [-0.1, -0.05) is 20.8 Å². The van der Waals surface area contributed by atoms with E-state index in [9.17, 15) is 13.2 Å². The molecule has 0 heterocycles. The highest BCUT2D eigenvalue weighted by Gasteiger charge is 2.18. The third-order valence-corrected chi connectivity index (χ3v) is 2.83. The lowest BCUT2D eigenvalue weighted by Gasteiger charge is -2.13. The van der Waals surface area contributed by atoms with Crippen molar-refractivity contribution in [2.24, 2.45) is 5.73 Å². The Bertz CT molecular complexity index is 295. The van der Waals surface area contributed by atoms with Gasteiger partial charge < -0.3 is 15.7 Å². The van der Waals surface area contributed by atoms with Crippen LogP contribution in [0.25, 0.3) is 0 Å². The number of hydrogen-bond acceptors (Lipinski definition) is 5. The molecular weight excluding hydrogens is 248 g/mol. The van der Waals surface area contributed by atoms with Gasteiger partial charge in [0, 0.05) is 0 Å². The van der Waals surface area contributed by atoms with E-state index in [0.29, 0.717) is 0 Å². The van der Waals surface area contributed by atoms with Gasteiger partial charge in [0.15, 0.2) is 0 Å². The lowest BCUT2D eigenvalue weighted by atomic mass is 10.4. The van der Waals surface area contributed by atoms with E-state index in [0.717, 1.165) is 0 Å². The molecular formula is C9H22N2O5S. The molecule has 7 nitrogen and oxygen atoms in total. The Kier molecular flexibility index (Phi) is 10.3. The van der Waals surface area contributed by atoms with E-state index in [4.69, 9.17) is 15.4 Å². The van der Waals surface area contributed by atoms with Crippen LogP contribution >= 0.6 is 0 Å². The van der Waals surface area contributed by atoms with Gasteiger partial charge in [0.1, 0.15) is 11.8 Å². The smallest absolute Gasteiger partial charge is 0.321 e. The summed E-state index contributed by atoms with van der Waals surface area (Å²) in [5.41, 5.74) is 4.76. The highest BCUT2D eigenvalue weighted by Crippen LogP contribution is 1.86. The monoisotopic (exact) mass is 270 g/mol. The van der Waals surface area contributed by atoms with Gasteiger partial charge in [-0.2, -0.15) is 8.42 Å². The zero-order valence-electron chi connectivity index (χ0n) is 10.5. The Morgan fingerprint density at radius 1 is 1.24 bits per heavy atom. The summed E-state index contributed by atoms with van der Waals surface area (Å²) in [5, 5.41) is 8.04. The van der Waals surface area contributed by atoms with Crippen molar-refractivity contribution in [3.05, 3.63) is 0 Å². The van der Waals surface area contributed by atoms with Gasteiger partial charge >= 0.3 is 5.97 Å². The average molecular weight is 270 g/mol. The molecule has 0 aromatic heterocycles. The number of carbonyl (C=O) groups is 1. The van der Waals surface area contributed by atoms with E-state index >= 15 is 0 Å². The minimum atomic E-state index is -4.27. The van der Waals surface area contributed by atoms with Crippen LogP contribution in [0.2, 0.25) is 0 Å². The number of rotatable bonds is 6. The molecule has 0 aliphatic carbocycles. The summed E-state index contributed by atoms with van der Waals surface area (Å²) in [4.78, 5) is 12.3. The molecule has 0 aliphatic heterocycles. The van der Waals surface area contributed by atoms with E-state index < -0.39 is 27.9 Å². The predicted octanol–water partition coefficient (Wildman–Crippen LogP) is -0.366. The summed E-state index contributed by atoms with van der Waals surface area (Å²) in [7, 11) is -4.27. The lowest BCUT2D eigenvalue weighted by molar-refractivity contribution is -0.138. The number of hydrogen-bond donors (Lipinski definition) is 3. The summed E-state index contributed by atoms with van der Waals surface area (Å²) in [5.74, 6) is -2.42. The summed E-state index contributed by atoms with van der Waals surface area (Å²) in [6.07, 6.45) is 0. The largest absolute Gasteiger partial charge is 0.480 e. The van der Waals surface area contributed by atoms with Crippen LogP contribution in [0, 0.1) is 0 Å². The van der Waals surface area contributed by atoms with Gasteiger partial charge in [-0.15, -0.1) is 0 Å². The van der Waals surface area contributed by atoms with Crippen LogP contribution in [0.3, 0.4) is 0 Å². The molecule has 1 atom stereocenters. The number of carboxylic acids is 1. The Morgan fingerprint density at radius 2 is 1.59 bits per heavy atom. The van der Waals surface area contributed by atoms with Crippen LogP contribution in [0.5, 0.6) is 0 Å². The molecule has 17 heavy (non-hydrogen) atoms. The van der Waals surface area contributed by atoms with E-state index in [2.05, 4.69) is 25.7 Å². The topological polar surface area (TPSA) is 121 Å². The zero-order valence-corrected chi connectivity index (χ0v) is 11.3. The van der Waals surface area contributed by atoms with Crippen LogP contribution in [0.1, 0.15) is 20.8 Å². The standard InChI is InChI=1S/C6H15N.C3H7NO5S/c1-4-7(5-2)6-3;4-2(3(5)6)1-10(7,8)9/h4-6H2,1-3H3;2H,1,4H2,(H,5,6)(H,7,8,9)/t;2-/m.0/s1. The van der Waals surface area contributed by atoms with Gasteiger partial charge in [-0.3, -0.25) is 9.35 Å². The maximum absolute atomic E-state index is 9.96. The number of nitrogens with zero attached hydrogens (tertiary/aromatic N) is 1. The Labute approximate surface area is 102 Å². The minimum absolute atomic E-state index is 0.956. The molecule has 0 aromatic carbocycles. The summed E-state index contributed by atoms with van der Waals surface area (Å²) in [6.45, 7) is 10.1. The molecule has 0 amide bonds. The highest BCUT2D eigenvalue weighted by atomic mass is 32.2. The molecule has 0 rings (SSSR count). The Morgan fingerprint density at radius 3 is 1.65 bits per heavy atom. The Hall–Kier alpha value is -0.700. The van der Waals surface area contributed by atoms with Crippen molar-refractivity contribution in [1.29, 1.82) is 0 Å². The molecule has 0 radical (unpaired) electrons. The van der Waals surface area contributed by atoms with Crippen LogP contribution in [0.4, 0.5) is 0 Å². The van der Waals surface area contributed by atoms with E-state index in [1.807, 2.05) is 0 Å². The highest BCUT2D eigenvalue weighted by molar-refractivity contribution is 7.85. The molecule has 0 unspecified atom stereocenters. The lowest BCUT2D eigenvalue weighted by Crippen LogP contribution is -2.36. The molecule has 0 aromatic rings. The number of aliphatic carboxylic acids is 1. The van der Waals surface area contributed by atoms with E-state index in [-0.39, 0.29) is 0 Å². The molecule has 0 aliphatic rings. The zero-order chi connectivity index (χ0) is 14.1. The molecule has 0 saturated heterocycles. The maximum Gasteiger partial charge on any atom is 0.321 e.